The molecule has 0 aliphatic rings. The molecule has 1 atom stereocenters. The Kier molecular flexibility index (Phi) is 11.0. The Morgan fingerprint density at radius 1 is 1.13 bits per heavy atom. The van der Waals surface area contributed by atoms with E-state index in [0.717, 1.165) is 0 Å². The number of anilines is 1. The molecule has 0 fully saturated rings. The van der Waals surface area contributed by atoms with E-state index in [4.69, 9.17) is 27.9 Å². The number of halogens is 2. The zero-order chi connectivity index (χ0) is 28.5. The van der Waals surface area contributed by atoms with Crippen molar-refractivity contribution in [3.8, 4) is 0 Å². The molecule has 206 valence electrons. The lowest BCUT2D eigenvalue weighted by atomic mass is 10.0. The number of hydrogen-bond acceptors (Lipinski definition) is 7. The average molecular weight is 591 g/mol. The van der Waals surface area contributed by atoms with E-state index >= 15 is 0 Å². The number of aromatic nitrogens is 3. The Morgan fingerprint density at radius 2 is 1.87 bits per heavy atom. The quantitative estimate of drug-likeness (QED) is 0.156. The summed E-state index contributed by atoms with van der Waals surface area (Å²) in [5.41, 5.74) is 0.899. The van der Waals surface area contributed by atoms with Crippen LogP contribution in [-0.4, -0.2) is 45.4 Å². The number of allylic oxidation sites excluding steroid dienone is 1. The van der Waals surface area contributed by atoms with Crippen molar-refractivity contribution < 1.29 is 19.1 Å². The topological polar surface area (TPSA) is 115 Å². The zero-order valence-electron chi connectivity index (χ0n) is 21.7. The van der Waals surface area contributed by atoms with Gasteiger partial charge in [0.1, 0.15) is 0 Å². The number of thioether (sulfide) groups is 1. The highest BCUT2D eigenvalue weighted by atomic mass is 35.5. The van der Waals surface area contributed by atoms with Crippen LogP contribution in [-0.2, 0) is 16.1 Å². The second-order valence-electron chi connectivity index (χ2n) is 8.89. The monoisotopic (exact) mass is 589 g/mol. The van der Waals surface area contributed by atoms with Gasteiger partial charge in [0, 0.05) is 11.6 Å². The summed E-state index contributed by atoms with van der Waals surface area (Å²) in [5, 5.41) is 15.6. The summed E-state index contributed by atoms with van der Waals surface area (Å²) in [5.74, 6) is -0.495. The fourth-order valence-electron chi connectivity index (χ4n) is 3.77. The molecular weight excluding hydrogens is 561 g/mol. The first-order valence-electron chi connectivity index (χ1n) is 12.0. The first-order chi connectivity index (χ1) is 18.6. The summed E-state index contributed by atoms with van der Waals surface area (Å²) in [4.78, 5) is 37.8. The van der Waals surface area contributed by atoms with Crippen molar-refractivity contribution in [2.45, 2.75) is 38.0 Å². The molecule has 3 rings (SSSR count). The van der Waals surface area contributed by atoms with E-state index in [-0.39, 0.29) is 34.1 Å². The van der Waals surface area contributed by atoms with Crippen molar-refractivity contribution in [2.75, 3.05) is 18.2 Å². The van der Waals surface area contributed by atoms with Crippen LogP contribution in [0, 0.1) is 5.92 Å². The number of esters is 1. The van der Waals surface area contributed by atoms with Gasteiger partial charge in [-0.15, -0.1) is 16.8 Å². The number of nitrogens with zero attached hydrogens (tertiary/aromatic N) is 3. The SMILES string of the molecule is C=CCn1c(SCC(=O)Nc2ccccc2C(=O)OC)nnc1[C@H](CC(C)C)NC(=O)c1ccc(Cl)cc1Cl. The van der Waals surface area contributed by atoms with E-state index in [1.54, 1.807) is 42.5 Å². The molecule has 1 aromatic heterocycles. The van der Waals surface area contributed by atoms with E-state index in [2.05, 4.69) is 27.4 Å². The summed E-state index contributed by atoms with van der Waals surface area (Å²) in [6.07, 6.45) is 2.27. The maximum Gasteiger partial charge on any atom is 0.339 e. The van der Waals surface area contributed by atoms with Crippen molar-refractivity contribution in [3.05, 3.63) is 82.1 Å². The Balaban J connectivity index is 1.79. The molecule has 0 saturated carbocycles. The molecule has 0 aliphatic heterocycles. The molecule has 12 heteroatoms. The number of para-hydroxylation sites is 1. The van der Waals surface area contributed by atoms with Gasteiger partial charge in [-0.3, -0.25) is 9.59 Å². The maximum absolute atomic E-state index is 13.1. The van der Waals surface area contributed by atoms with Crippen LogP contribution in [0.3, 0.4) is 0 Å². The van der Waals surface area contributed by atoms with E-state index in [1.165, 1.54) is 24.9 Å². The first kappa shape index (κ1) is 30.2. The Bertz CT molecular complexity index is 1360. The molecule has 0 saturated heterocycles. The van der Waals surface area contributed by atoms with Gasteiger partial charge in [0.05, 0.1) is 40.7 Å². The number of rotatable bonds is 12. The summed E-state index contributed by atoms with van der Waals surface area (Å²) >= 11 is 13.4. The van der Waals surface area contributed by atoms with Crippen LogP contribution in [0.1, 0.15) is 52.9 Å². The van der Waals surface area contributed by atoms with Crippen LogP contribution in [0.5, 0.6) is 0 Å². The summed E-state index contributed by atoms with van der Waals surface area (Å²) in [7, 11) is 1.28. The van der Waals surface area contributed by atoms with Crippen LogP contribution in [0.4, 0.5) is 5.69 Å². The molecule has 0 spiro atoms. The minimum atomic E-state index is -0.549. The lowest BCUT2D eigenvalue weighted by Gasteiger charge is -2.21. The summed E-state index contributed by atoms with van der Waals surface area (Å²) in [6, 6.07) is 10.8. The molecule has 9 nitrogen and oxygen atoms in total. The molecule has 2 N–H and O–H groups in total. The van der Waals surface area contributed by atoms with Gasteiger partial charge in [-0.1, -0.05) is 67.0 Å². The first-order valence-corrected chi connectivity index (χ1v) is 13.8. The van der Waals surface area contributed by atoms with Gasteiger partial charge in [-0.25, -0.2) is 4.79 Å². The fourth-order valence-corrected chi connectivity index (χ4v) is 5.02. The van der Waals surface area contributed by atoms with Gasteiger partial charge in [0.2, 0.25) is 5.91 Å². The second-order valence-corrected chi connectivity index (χ2v) is 10.7. The number of amides is 2. The minimum absolute atomic E-state index is 0.00632. The van der Waals surface area contributed by atoms with E-state index in [1.807, 2.05) is 18.4 Å². The minimum Gasteiger partial charge on any atom is -0.465 e. The zero-order valence-corrected chi connectivity index (χ0v) is 24.1. The maximum atomic E-state index is 13.1. The molecule has 39 heavy (non-hydrogen) atoms. The van der Waals surface area contributed by atoms with Gasteiger partial charge in [0.25, 0.3) is 5.91 Å². The highest BCUT2D eigenvalue weighted by Gasteiger charge is 2.25. The number of hydrogen-bond donors (Lipinski definition) is 2. The van der Waals surface area contributed by atoms with Gasteiger partial charge >= 0.3 is 5.97 Å². The highest BCUT2D eigenvalue weighted by Crippen LogP contribution is 2.27. The van der Waals surface area contributed by atoms with Crippen LogP contribution in [0.2, 0.25) is 10.0 Å². The fraction of sp³-hybridized carbons (Fsp3) is 0.296. The van der Waals surface area contributed by atoms with Crippen LogP contribution >= 0.6 is 35.0 Å². The van der Waals surface area contributed by atoms with Crippen molar-refractivity contribution in [2.24, 2.45) is 5.92 Å². The van der Waals surface area contributed by atoms with Crippen LogP contribution in [0.15, 0.2) is 60.3 Å². The summed E-state index contributed by atoms with van der Waals surface area (Å²) < 4.78 is 6.59. The summed E-state index contributed by atoms with van der Waals surface area (Å²) in [6.45, 7) is 8.26. The molecule has 0 unspecified atom stereocenters. The number of carbonyl (C=O) groups excluding carboxylic acids is 3. The number of carbonyl (C=O) groups is 3. The van der Waals surface area contributed by atoms with Crippen molar-refractivity contribution in [1.29, 1.82) is 0 Å². The van der Waals surface area contributed by atoms with Crippen LogP contribution < -0.4 is 10.6 Å². The third-order valence-corrected chi connectivity index (χ3v) is 7.01. The Hall–Kier alpha value is -3.34. The van der Waals surface area contributed by atoms with E-state index in [0.29, 0.717) is 40.2 Å². The molecular formula is C27H29Cl2N5O4S. The molecule has 0 radical (unpaired) electrons. The molecule has 0 bridgehead atoms. The van der Waals surface area contributed by atoms with Gasteiger partial charge in [-0.2, -0.15) is 0 Å². The van der Waals surface area contributed by atoms with Gasteiger partial charge < -0.3 is 19.9 Å². The average Bonchev–Trinajstić information content (AvgIpc) is 3.29. The second kappa shape index (κ2) is 14.2. The molecule has 3 aromatic rings. The van der Waals surface area contributed by atoms with E-state index in [9.17, 15) is 14.4 Å². The molecule has 0 aliphatic carbocycles. The van der Waals surface area contributed by atoms with Gasteiger partial charge in [-0.05, 0) is 42.7 Å². The molecule has 2 aromatic carbocycles. The molecule has 1 heterocycles. The Morgan fingerprint density at radius 3 is 2.54 bits per heavy atom. The lowest BCUT2D eigenvalue weighted by Crippen LogP contribution is -2.32. The smallest absolute Gasteiger partial charge is 0.339 e. The van der Waals surface area contributed by atoms with Crippen LogP contribution in [0.25, 0.3) is 0 Å². The number of methoxy groups -OCH3 is 1. The third kappa shape index (κ3) is 8.08. The standard InChI is InChI=1S/C27H29Cl2N5O4S/c1-5-12-34-24(22(13-16(2)3)31-25(36)18-11-10-17(28)14-20(18)29)32-33-27(34)39-15-23(35)30-21-9-7-6-8-19(21)26(37)38-4/h5-11,14,16,22H,1,12-13,15H2,2-4H3,(H,30,35)(H,31,36)/t22-/m0/s1. The molecule has 2 amide bonds. The predicted molar refractivity (Wildman–Crippen MR) is 153 cm³/mol. The predicted octanol–water partition coefficient (Wildman–Crippen LogP) is 5.81. The Labute approximate surface area is 241 Å². The number of benzene rings is 2. The number of ether oxygens (including phenoxy) is 1. The largest absolute Gasteiger partial charge is 0.465 e. The van der Waals surface area contributed by atoms with Crippen molar-refractivity contribution in [3.63, 3.8) is 0 Å². The van der Waals surface area contributed by atoms with Crippen molar-refractivity contribution in [1.82, 2.24) is 20.1 Å². The third-order valence-electron chi connectivity index (χ3n) is 5.50. The van der Waals surface area contributed by atoms with Crippen molar-refractivity contribution >= 4 is 58.4 Å². The van der Waals surface area contributed by atoms with Gasteiger partial charge in [0.15, 0.2) is 11.0 Å². The normalized spacial score (nSPS) is 11.6. The van der Waals surface area contributed by atoms with E-state index < -0.39 is 12.0 Å². The lowest BCUT2D eigenvalue weighted by molar-refractivity contribution is -0.113. The highest BCUT2D eigenvalue weighted by molar-refractivity contribution is 7.99. The number of nitrogens with one attached hydrogen (secondary N) is 2.